The van der Waals surface area contributed by atoms with Gasteiger partial charge >= 0.3 is 0 Å². The van der Waals surface area contributed by atoms with Gasteiger partial charge in [0.1, 0.15) is 0 Å². The predicted molar refractivity (Wildman–Crippen MR) is 105 cm³/mol. The van der Waals surface area contributed by atoms with Gasteiger partial charge in [0.2, 0.25) is 5.91 Å². The third kappa shape index (κ3) is 5.78. The summed E-state index contributed by atoms with van der Waals surface area (Å²) in [7, 11) is 2.01. The number of nitrogens with zero attached hydrogens (tertiary/aromatic N) is 4. The molecule has 2 fully saturated rings. The lowest BCUT2D eigenvalue weighted by molar-refractivity contribution is -0.136. The normalized spacial score (nSPS) is 22.4. The molecule has 0 spiro atoms. The van der Waals surface area contributed by atoms with E-state index < -0.39 is 0 Å². The van der Waals surface area contributed by atoms with Crippen molar-refractivity contribution in [2.45, 2.75) is 57.5 Å². The zero-order valence-electron chi connectivity index (χ0n) is 16.3. The Bertz CT molecular complexity index is 542. The number of aromatic nitrogens is 1. The van der Waals surface area contributed by atoms with Crippen LogP contribution in [0, 0.1) is 0 Å². The fraction of sp³-hybridized carbons (Fsp3) is 0.714. The van der Waals surface area contributed by atoms with Gasteiger partial charge in [-0.15, -0.1) is 0 Å². The molecule has 1 aromatic heterocycles. The fourth-order valence-corrected chi connectivity index (χ4v) is 4.28. The Balaban J connectivity index is 1.53. The number of piperidine rings is 1. The number of amides is 1. The molecule has 3 rings (SSSR count). The molecule has 1 amide bonds. The van der Waals surface area contributed by atoms with E-state index in [9.17, 15) is 4.79 Å². The van der Waals surface area contributed by atoms with Gasteiger partial charge in [0.15, 0.2) is 0 Å². The summed E-state index contributed by atoms with van der Waals surface area (Å²) >= 11 is 0. The van der Waals surface area contributed by atoms with Crippen LogP contribution in [0.1, 0.15) is 50.6 Å². The molecule has 0 N–H and O–H groups in total. The number of likely N-dealkylation sites (N-methyl/N-ethyl adjacent to an activating group) is 1. The van der Waals surface area contributed by atoms with E-state index in [4.69, 9.17) is 0 Å². The summed E-state index contributed by atoms with van der Waals surface area (Å²) in [6, 6.07) is 6.34. The Morgan fingerprint density at radius 1 is 1.12 bits per heavy atom. The summed E-state index contributed by atoms with van der Waals surface area (Å²) in [6.07, 6.45) is 10.7. The standard InChI is InChI=1S/C21H34N4O/c1-23(16-19-10-4-6-12-22-19)18-21(26)25-15-9-5-11-20(25)17-24-13-7-2-3-8-14-24/h4,6,10,12,20H,2-3,5,7-9,11,13-18H2,1H3/t20-/m1/s1. The van der Waals surface area contributed by atoms with Gasteiger partial charge in [0.25, 0.3) is 0 Å². The molecule has 1 aromatic rings. The Morgan fingerprint density at radius 2 is 1.88 bits per heavy atom. The Hall–Kier alpha value is -1.46. The molecule has 2 saturated heterocycles. The fourth-order valence-electron chi connectivity index (χ4n) is 4.28. The average molecular weight is 359 g/mol. The first-order valence-electron chi connectivity index (χ1n) is 10.3. The van der Waals surface area contributed by atoms with E-state index in [2.05, 4.69) is 19.7 Å². The van der Waals surface area contributed by atoms with Gasteiger partial charge in [-0.1, -0.05) is 18.9 Å². The molecule has 144 valence electrons. The largest absolute Gasteiger partial charge is 0.337 e. The Kier molecular flexibility index (Phi) is 7.44. The lowest BCUT2D eigenvalue weighted by atomic mass is 10.0. The first-order valence-corrected chi connectivity index (χ1v) is 10.3. The molecule has 2 aliphatic heterocycles. The first kappa shape index (κ1) is 19.3. The third-order valence-electron chi connectivity index (χ3n) is 5.68. The topological polar surface area (TPSA) is 39.7 Å². The number of hydrogen-bond acceptors (Lipinski definition) is 4. The highest BCUT2D eigenvalue weighted by Gasteiger charge is 2.28. The molecule has 1 atom stereocenters. The zero-order chi connectivity index (χ0) is 18.2. The van der Waals surface area contributed by atoms with Crippen LogP contribution in [-0.2, 0) is 11.3 Å². The summed E-state index contributed by atoms with van der Waals surface area (Å²) < 4.78 is 0. The number of likely N-dealkylation sites (tertiary alicyclic amines) is 2. The van der Waals surface area contributed by atoms with Gasteiger partial charge in [0, 0.05) is 31.9 Å². The van der Waals surface area contributed by atoms with Crippen molar-refractivity contribution in [3.05, 3.63) is 30.1 Å². The highest BCUT2D eigenvalue weighted by atomic mass is 16.2. The van der Waals surface area contributed by atoms with E-state index in [0.717, 1.165) is 38.2 Å². The molecule has 5 heteroatoms. The van der Waals surface area contributed by atoms with Gasteiger partial charge in [-0.3, -0.25) is 14.7 Å². The molecule has 0 aromatic carbocycles. The number of pyridine rings is 1. The molecule has 26 heavy (non-hydrogen) atoms. The SMILES string of the molecule is CN(CC(=O)N1CCCC[C@@H]1CN1CCCCCC1)Cc1ccccn1. The van der Waals surface area contributed by atoms with Crippen LogP contribution >= 0.6 is 0 Å². The van der Waals surface area contributed by atoms with E-state index >= 15 is 0 Å². The summed E-state index contributed by atoms with van der Waals surface area (Å²) in [6.45, 7) is 5.60. The average Bonchev–Trinajstić information content (AvgIpc) is 2.91. The van der Waals surface area contributed by atoms with Crippen molar-refractivity contribution in [3.63, 3.8) is 0 Å². The molecule has 0 radical (unpaired) electrons. The highest BCUT2D eigenvalue weighted by Crippen LogP contribution is 2.20. The van der Waals surface area contributed by atoms with E-state index in [0.29, 0.717) is 12.6 Å². The summed E-state index contributed by atoms with van der Waals surface area (Å²) in [5.74, 6) is 0.281. The molecule has 5 nitrogen and oxygen atoms in total. The van der Waals surface area contributed by atoms with Crippen molar-refractivity contribution < 1.29 is 4.79 Å². The first-order chi connectivity index (χ1) is 12.7. The molecule has 3 heterocycles. The summed E-state index contributed by atoms with van der Waals surface area (Å²) in [5, 5.41) is 0. The second kappa shape index (κ2) is 10.0. The number of carbonyl (C=O) groups excluding carboxylic acids is 1. The molecule has 0 unspecified atom stereocenters. The Labute approximate surface area is 158 Å². The van der Waals surface area contributed by atoms with Crippen LogP contribution in [0.15, 0.2) is 24.4 Å². The van der Waals surface area contributed by atoms with E-state index in [1.807, 2.05) is 31.4 Å². The zero-order valence-corrected chi connectivity index (χ0v) is 16.3. The number of hydrogen-bond donors (Lipinski definition) is 0. The minimum atomic E-state index is 0.281. The molecule has 2 aliphatic rings. The van der Waals surface area contributed by atoms with E-state index in [1.54, 1.807) is 0 Å². The van der Waals surface area contributed by atoms with Crippen molar-refractivity contribution in [2.24, 2.45) is 0 Å². The van der Waals surface area contributed by atoms with Gasteiger partial charge in [-0.25, -0.2) is 0 Å². The van der Waals surface area contributed by atoms with Crippen LogP contribution in [0.4, 0.5) is 0 Å². The Morgan fingerprint density at radius 3 is 2.62 bits per heavy atom. The van der Waals surface area contributed by atoms with Crippen molar-refractivity contribution in [3.8, 4) is 0 Å². The van der Waals surface area contributed by atoms with Crippen LogP contribution in [0.5, 0.6) is 0 Å². The maximum atomic E-state index is 13.0. The summed E-state index contributed by atoms with van der Waals surface area (Å²) in [4.78, 5) is 24.2. The van der Waals surface area contributed by atoms with Crippen LogP contribution < -0.4 is 0 Å². The monoisotopic (exact) mass is 358 g/mol. The lowest BCUT2D eigenvalue weighted by Gasteiger charge is -2.39. The third-order valence-corrected chi connectivity index (χ3v) is 5.68. The number of rotatable bonds is 6. The van der Waals surface area contributed by atoms with Crippen molar-refractivity contribution in [1.82, 2.24) is 19.7 Å². The van der Waals surface area contributed by atoms with Crippen LogP contribution in [0.2, 0.25) is 0 Å². The molecular weight excluding hydrogens is 324 g/mol. The van der Waals surface area contributed by atoms with Gasteiger partial charge in [-0.05, 0) is 64.4 Å². The second-order valence-corrected chi connectivity index (χ2v) is 7.94. The number of carbonyl (C=O) groups is 1. The van der Waals surface area contributed by atoms with E-state index in [1.165, 1.54) is 45.2 Å². The van der Waals surface area contributed by atoms with Crippen LogP contribution in [-0.4, -0.2) is 71.4 Å². The molecule has 0 saturated carbocycles. The van der Waals surface area contributed by atoms with Crippen molar-refractivity contribution in [2.75, 3.05) is 39.8 Å². The van der Waals surface area contributed by atoms with Crippen molar-refractivity contribution >= 4 is 5.91 Å². The smallest absolute Gasteiger partial charge is 0.237 e. The van der Waals surface area contributed by atoms with Gasteiger partial charge < -0.3 is 9.80 Å². The maximum absolute atomic E-state index is 13.0. The quantitative estimate of drug-likeness (QED) is 0.784. The molecule has 0 aliphatic carbocycles. The van der Waals surface area contributed by atoms with Gasteiger partial charge in [-0.2, -0.15) is 0 Å². The predicted octanol–water partition coefficient (Wildman–Crippen LogP) is 2.77. The van der Waals surface area contributed by atoms with Crippen molar-refractivity contribution in [1.29, 1.82) is 0 Å². The second-order valence-electron chi connectivity index (χ2n) is 7.94. The molecule has 0 bridgehead atoms. The summed E-state index contributed by atoms with van der Waals surface area (Å²) in [5.41, 5.74) is 1.02. The van der Waals surface area contributed by atoms with Gasteiger partial charge in [0.05, 0.1) is 12.2 Å². The molecular formula is C21H34N4O. The van der Waals surface area contributed by atoms with Crippen LogP contribution in [0.3, 0.4) is 0 Å². The minimum absolute atomic E-state index is 0.281. The maximum Gasteiger partial charge on any atom is 0.237 e. The highest BCUT2D eigenvalue weighted by molar-refractivity contribution is 5.78. The van der Waals surface area contributed by atoms with E-state index in [-0.39, 0.29) is 5.91 Å². The van der Waals surface area contributed by atoms with Crippen LogP contribution in [0.25, 0.3) is 0 Å². The minimum Gasteiger partial charge on any atom is -0.337 e. The lowest BCUT2D eigenvalue weighted by Crippen LogP contribution is -2.52.